The second-order valence-electron chi connectivity index (χ2n) is 3.28. The van der Waals surface area contributed by atoms with Gasteiger partial charge in [-0.05, 0) is 6.92 Å². The number of amides is 1. The summed E-state index contributed by atoms with van der Waals surface area (Å²) < 4.78 is 4.77. The zero-order chi connectivity index (χ0) is 11.5. The Morgan fingerprint density at radius 1 is 1.47 bits per heavy atom. The van der Waals surface area contributed by atoms with E-state index in [4.69, 9.17) is 4.74 Å². The Balaban J connectivity index is 3.35. The average molecular weight is 212 g/mol. The molecule has 4 heteroatoms. The summed E-state index contributed by atoms with van der Waals surface area (Å²) in [6.45, 7) is 8.33. The number of ether oxygens (including phenoxy) is 1. The van der Waals surface area contributed by atoms with Crippen LogP contribution in [0.2, 0.25) is 0 Å². The maximum Gasteiger partial charge on any atom is 0.243 e. The van der Waals surface area contributed by atoms with Crippen molar-refractivity contribution in [1.82, 2.24) is 10.6 Å². The standard InChI is InChI=1S/C11H20N2O2/c1-10(2)9-12-6-7-13-11(14)5-4-8-15-3/h4-5,12H,1,6-9H2,2-3H3,(H,13,14)/b5-4+. The molecule has 0 radical (unpaired) electrons. The average Bonchev–Trinajstić information content (AvgIpc) is 2.17. The van der Waals surface area contributed by atoms with Crippen LogP contribution in [-0.4, -0.2) is 39.3 Å². The molecule has 0 aliphatic carbocycles. The van der Waals surface area contributed by atoms with Gasteiger partial charge in [0, 0.05) is 32.8 Å². The third kappa shape index (κ3) is 10.8. The van der Waals surface area contributed by atoms with E-state index >= 15 is 0 Å². The van der Waals surface area contributed by atoms with Gasteiger partial charge in [0.25, 0.3) is 0 Å². The van der Waals surface area contributed by atoms with Crippen LogP contribution in [0.3, 0.4) is 0 Å². The third-order valence-corrected chi connectivity index (χ3v) is 1.56. The number of nitrogens with one attached hydrogen (secondary N) is 2. The lowest BCUT2D eigenvalue weighted by Crippen LogP contribution is -2.31. The molecule has 15 heavy (non-hydrogen) atoms. The predicted molar refractivity (Wildman–Crippen MR) is 61.7 cm³/mol. The molecule has 0 rings (SSSR count). The molecule has 0 aromatic heterocycles. The molecule has 0 spiro atoms. The van der Waals surface area contributed by atoms with Gasteiger partial charge in [0.1, 0.15) is 0 Å². The van der Waals surface area contributed by atoms with E-state index in [9.17, 15) is 4.79 Å². The maximum atomic E-state index is 11.1. The summed E-state index contributed by atoms with van der Waals surface area (Å²) >= 11 is 0. The molecule has 0 aromatic rings. The quantitative estimate of drug-likeness (QED) is 0.349. The molecule has 0 unspecified atom stereocenters. The monoisotopic (exact) mass is 212 g/mol. The van der Waals surface area contributed by atoms with Gasteiger partial charge in [-0.25, -0.2) is 0 Å². The lowest BCUT2D eigenvalue weighted by molar-refractivity contribution is -0.116. The first-order valence-electron chi connectivity index (χ1n) is 4.95. The van der Waals surface area contributed by atoms with Crippen LogP contribution >= 0.6 is 0 Å². The molecule has 0 aliphatic rings. The predicted octanol–water partition coefficient (Wildman–Crippen LogP) is 0.471. The van der Waals surface area contributed by atoms with Crippen molar-refractivity contribution in [3.63, 3.8) is 0 Å². The van der Waals surface area contributed by atoms with Crippen LogP contribution < -0.4 is 10.6 Å². The number of rotatable bonds is 8. The number of hydrogen-bond donors (Lipinski definition) is 2. The normalized spacial score (nSPS) is 10.5. The smallest absolute Gasteiger partial charge is 0.243 e. The third-order valence-electron chi connectivity index (χ3n) is 1.56. The van der Waals surface area contributed by atoms with Crippen molar-refractivity contribution in [2.45, 2.75) is 6.92 Å². The summed E-state index contributed by atoms with van der Waals surface area (Å²) in [4.78, 5) is 11.1. The van der Waals surface area contributed by atoms with Crippen LogP contribution in [0, 0.1) is 0 Å². The summed E-state index contributed by atoms with van der Waals surface area (Å²) in [6, 6.07) is 0. The van der Waals surface area contributed by atoms with Crippen molar-refractivity contribution in [3.8, 4) is 0 Å². The number of hydrogen-bond acceptors (Lipinski definition) is 3. The van der Waals surface area contributed by atoms with E-state index in [2.05, 4.69) is 17.2 Å². The summed E-state index contributed by atoms with van der Waals surface area (Å²) in [5, 5.41) is 5.89. The first kappa shape index (κ1) is 13.9. The Morgan fingerprint density at radius 3 is 2.80 bits per heavy atom. The van der Waals surface area contributed by atoms with E-state index in [1.807, 2.05) is 6.92 Å². The highest BCUT2D eigenvalue weighted by molar-refractivity contribution is 5.87. The number of carbonyl (C=O) groups is 1. The van der Waals surface area contributed by atoms with E-state index < -0.39 is 0 Å². The van der Waals surface area contributed by atoms with Crippen LogP contribution in [0.5, 0.6) is 0 Å². The zero-order valence-electron chi connectivity index (χ0n) is 9.51. The van der Waals surface area contributed by atoms with E-state index in [0.29, 0.717) is 13.2 Å². The van der Waals surface area contributed by atoms with Gasteiger partial charge in [0.2, 0.25) is 5.91 Å². The van der Waals surface area contributed by atoms with Crippen LogP contribution in [-0.2, 0) is 9.53 Å². The number of methoxy groups -OCH3 is 1. The fourth-order valence-corrected chi connectivity index (χ4v) is 0.886. The fourth-order valence-electron chi connectivity index (χ4n) is 0.886. The molecule has 0 atom stereocenters. The summed E-state index contributed by atoms with van der Waals surface area (Å²) in [7, 11) is 1.59. The Labute approximate surface area is 91.4 Å². The van der Waals surface area contributed by atoms with Gasteiger partial charge in [0.15, 0.2) is 0 Å². The highest BCUT2D eigenvalue weighted by Gasteiger charge is 1.93. The van der Waals surface area contributed by atoms with Crippen molar-refractivity contribution >= 4 is 5.91 Å². The first-order chi connectivity index (χ1) is 7.16. The van der Waals surface area contributed by atoms with E-state index in [-0.39, 0.29) is 5.91 Å². The molecular weight excluding hydrogens is 192 g/mol. The topological polar surface area (TPSA) is 50.4 Å². The minimum atomic E-state index is -0.0934. The first-order valence-corrected chi connectivity index (χ1v) is 4.95. The molecule has 1 amide bonds. The Hall–Kier alpha value is -1.13. The molecule has 0 aliphatic heterocycles. The van der Waals surface area contributed by atoms with Crippen molar-refractivity contribution in [3.05, 3.63) is 24.3 Å². The summed E-state index contributed by atoms with van der Waals surface area (Å²) in [5.74, 6) is -0.0934. The van der Waals surface area contributed by atoms with Crippen molar-refractivity contribution in [1.29, 1.82) is 0 Å². The minimum Gasteiger partial charge on any atom is -0.381 e. The van der Waals surface area contributed by atoms with Crippen molar-refractivity contribution < 1.29 is 9.53 Å². The molecule has 4 nitrogen and oxygen atoms in total. The second kappa shape index (κ2) is 9.43. The molecular formula is C11H20N2O2. The molecule has 0 fully saturated rings. The maximum absolute atomic E-state index is 11.1. The Morgan fingerprint density at radius 2 is 2.20 bits per heavy atom. The largest absolute Gasteiger partial charge is 0.381 e. The van der Waals surface area contributed by atoms with Crippen molar-refractivity contribution in [2.75, 3.05) is 33.4 Å². The van der Waals surface area contributed by atoms with E-state index in [0.717, 1.165) is 18.7 Å². The van der Waals surface area contributed by atoms with Crippen LogP contribution in [0.25, 0.3) is 0 Å². The van der Waals surface area contributed by atoms with Gasteiger partial charge >= 0.3 is 0 Å². The molecule has 0 aromatic carbocycles. The van der Waals surface area contributed by atoms with Gasteiger partial charge in [-0.3, -0.25) is 4.79 Å². The Bertz CT molecular complexity index is 225. The lowest BCUT2D eigenvalue weighted by Gasteiger charge is -2.04. The number of carbonyl (C=O) groups excluding carboxylic acids is 1. The fraction of sp³-hybridized carbons (Fsp3) is 0.545. The van der Waals surface area contributed by atoms with Gasteiger partial charge in [0.05, 0.1) is 6.61 Å². The van der Waals surface area contributed by atoms with Gasteiger partial charge in [-0.1, -0.05) is 18.2 Å². The van der Waals surface area contributed by atoms with Crippen LogP contribution in [0.1, 0.15) is 6.92 Å². The molecule has 0 bridgehead atoms. The van der Waals surface area contributed by atoms with Crippen LogP contribution in [0.15, 0.2) is 24.3 Å². The van der Waals surface area contributed by atoms with Gasteiger partial charge < -0.3 is 15.4 Å². The lowest BCUT2D eigenvalue weighted by atomic mass is 10.3. The zero-order valence-corrected chi connectivity index (χ0v) is 9.51. The SMILES string of the molecule is C=C(C)CNCCNC(=O)/C=C/COC. The second-order valence-corrected chi connectivity index (χ2v) is 3.28. The van der Waals surface area contributed by atoms with E-state index in [1.54, 1.807) is 13.2 Å². The van der Waals surface area contributed by atoms with Crippen LogP contribution in [0.4, 0.5) is 0 Å². The summed E-state index contributed by atoms with van der Waals surface area (Å²) in [5.41, 5.74) is 1.08. The van der Waals surface area contributed by atoms with Crippen molar-refractivity contribution in [2.24, 2.45) is 0 Å². The molecule has 86 valence electrons. The molecule has 0 saturated heterocycles. The van der Waals surface area contributed by atoms with Gasteiger partial charge in [-0.2, -0.15) is 0 Å². The molecule has 0 saturated carbocycles. The molecule has 2 N–H and O–H groups in total. The summed E-state index contributed by atoms with van der Waals surface area (Å²) in [6.07, 6.45) is 3.15. The highest BCUT2D eigenvalue weighted by atomic mass is 16.5. The highest BCUT2D eigenvalue weighted by Crippen LogP contribution is 1.80. The van der Waals surface area contributed by atoms with Gasteiger partial charge in [-0.15, -0.1) is 0 Å². The van der Waals surface area contributed by atoms with E-state index in [1.165, 1.54) is 6.08 Å². The molecule has 0 heterocycles. The Kier molecular flexibility index (Phi) is 8.72. The minimum absolute atomic E-state index is 0.0934.